The molecule has 0 N–H and O–H groups in total. The van der Waals surface area contributed by atoms with Gasteiger partial charge in [-0.2, -0.15) is 0 Å². The van der Waals surface area contributed by atoms with E-state index in [1.54, 1.807) is 6.92 Å². The first kappa shape index (κ1) is 16.7. The fourth-order valence-corrected chi connectivity index (χ4v) is 3.36. The Kier molecular flexibility index (Phi) is 4.63. The van der Waals surface area contributed by atoms with E-state index in [2.05, 4.69) is 11.0 Å². The maximum absolute atomic E-state index is 12.4. The first-order chi connectivity index (χ1) is 12.8. The van der Waals surface area contributed by atoms with E-state index in [4.69, 9.17) is 13.9 Å². The zero-order chi connectivity index (χ0) is 17.9. The number of benzene rings is 2. The minimum Gasteiger partial charge on any atom is -0.492 e. The van der Waals surface area contributed by atoms with Crippen molar-refractivity contribution in [3.05, 3.63) is 65.4 Å². The van der Waals surface area contributed by atoms with Crippen molar-refractivity contribution in [1.82, 2.24) is 4.90 Å². The Morgan fingerprint density at radius 1 is 1.15 bits per heavy atom. The Balaban J connectivity index is 1.68. The topological polar surface area (TPSA) is 51.9 Å². The van der Waals surface area contributed by atoms with Gasteiger partial charge in [0.15, 0.2) is 0 Å². The largest absolute Gasteiger partial charge is 0.492 e. The van der Waals surface area contributed by atoms with E-state index in [0.29, 0.717) is 31.1 Å². The van der Waals surface area contributed by atoms with Gasteiger partial charge in [-0.05, 0) is 19.1 Å². The average Bonchev–Trinajstić information content (AvgIpc) is 2.88. The van der Waals surface area contributed by atoms with Crippen LogP contribution in [0.15, 0.2) is 52.9 Å². The predicted molar refractivity (Wildman–Crippen MR) is 98.2 cm³/mol. The van der Waals surface area contributed by atoms with Gasteiger partial charge in [-0.1, -0.05) is 36.4 Å². The molecule has 0 atom stereocenters. The minimum absolute atomic E-state index is 0.298. The quantitative estimate of drug-likeness (QED) is 0.665. The lowest BCUT2D eigenvalue weighted by atomic mass is 10.1. The number of carbonyl (C=O) groups excluding carboxylic acids is 1. The van der Waals surface area contributed by atoms with Crippen LogP contribution in [0.3, 0.4) is 0 Å². The third-order valence-corrected chi connectivity index (χ3v) is 4.57. The van der Waals surface area contributed by atoms with E-state index in [9.17, 15) is 4.79 Å². The molecule has 0 saturated carbocycles. The summed E-state index contributed by atoms with van der Waals surface area (Å²) in [4.78, 5) is 14.7. The molecule has 1 aromatic heterocycles. The molecule has 4 rings (SSSR count). The Labute approximate surface area is 152 Å². The summed E-state index contributed by atoms with van der Waals surface area (Å²) < 4.78 is 16.9. The van der Waals surface area contributed by atoms with Crippen LogP contribution in [0, 0.1) is 0 Å². The highest BCUT2D eigenvalue weighted by molar-refractivity contribution is 5.96. The van der Waals surface area contributed by atoms with Crippen LogP contribution in [-0.4, -0.2) is 30.6 Å². The van der Waals surface area contributed by atoms with Crippen molar-refractivity contribution in [2.24, 2.45) is 0 Å². The molecular weight excluding hydrogens is 330 g/mol. The van der Waals surface area contributed by atoms with Crippen LogP contribution in [-0.2, 0) is 17.8 Å². The SMILES string of the molecule is CCOC(=O)c1oc2ccccc2c1CN1CCOc2ccccc2C1. The highest BCUT2D eigenvalue weighted by atomic mass is 16.5. The number of hydrogen-bond donors (Lipinski definition) is 0. The van der Waals surface area contributed by atoms with Gasteiger partial charge >= 0.3 is 5.97 Å². The average molecular weight is 351 g/mol. The number of hydrogen-bond acceptors (Lipinski definition) is 5. The van der Waals surface area contributed by atoms with Gasteiger partial charge in [0.25, 0.3) is 0 Å². The van der Waals surface area contributed by atoms with Gasteiger partial charge in [0.05, 0.1) is 6.61 Å². The second-order valence-electron chi connectivity index (χ2n) is 6.29. The Hall–Kier alpha value is -2.79. The van der Waals surface area contributed by atoms with E-state index in [0.717, 1.165) is 35.4 Å². The summed E-state index contributed by atoms with van der Waals surface area (Å²) in [5.41, 5.74) is 2.73. The summed E-state index contributed by atoms with van der Waals surface area (Å²) in [6.07, 6.45) is 0. The highest BCUT2D eigenvalue weighted by Gasteiger charge is 2.24. The van der Waals surface area contributed by atoms with Crippen LogP contribution < -0.4 is 4.74 Å². The van der Waals surface area contributed by atoms with Gasteiger partial charge in [0.2, 0.25) is 5.76 Å². The zero-order valence-corrected chi connectivity index (χ0v) is 14.7. The lowest BCUT2D eigenvalue weighted by molar-refractivity contribution is 0.0489. The van der Waals surface area contributed by atoms with Gasteiger partial charge in [-0.3, -0.25) is 4.90 Å². The minimum atomic E-state index is -0.412. The Bertz CT molecular complexity index is 931. The van der Waals surface area contributed by atoms with Crippen LogP contribution in [0.5, 0.6) is 5.75 Å². The summed E-state index contributed by atoms with van der Waals surface area (Å²) in [6, 6.07) is 15.8. The number of furan rings is 1. The number of carbonyl (C=O) groups is 1. The van der Waals surface area contributed by atoms with Crippen molar-refractivity contribution in [3.8, 4) is 5.75 Å². The number of rotatable bonds is 4. The summed E-state index contributed by atoms with van der Waals surface area (Å²) >= 11 is 0. The fourth-order valence-electron chi connectivity index (χ4n) is 3.36. The van der Waals surface area contributed by atoms with E-state index >= 15 is 0 Å². The molecule has 0 fully saturated rings. The van der Waals surface area contributed by atoms with Gasteiger partial charge < -0.3 is 13.9 Å². The molecule has 1 aliphatic heterocycles. The summed E-state index contributed by atoms with van der Waals surface area (Å²) in [5.74, 6) is 0.814. The molecule has 0 aliphatic carbocycles. The number of ether oxygens (including phenoxy) is 2. The number of nitrogens with zero attached hydrogens (tertiary/aromatic N) is 1. The fraction of sp³-hybridized carbons (Fsp3) is 0.286. The molecule has 0 radical (unpaired) electrons. The van der Waals surface area contributed by atoms with Gasteiger partial charge in [0, 0.05) is 36.1 Å². The molecule has 2 aromatic carbocycles. The van der Waals surface area contributed by atoms with Crippen molar-refractivity contribution in [1.29, 1.82) is 0 Å². The maximum atomic E-state index is 12.4. The number of esters is 1. The van der Waals surface area contributed by atoms with Crippen molar-refractivity contribution in [2.75, 3.05) is 19.8 Å². The number of para-hydroxylation sites is 2. The number of fused-ring (bicyclic) bond motifs is 2. The third kappa shape index (κ3) is 3.18. The van der Waals surface area contributed by atoms with E-state index in [-0.39, 0.29) is 0 Å². The van der Waals surface area contributed by atoms with Gasteiger partial charge in [-0.25, -0.2) is 4.79 Å². The second-order valence-corrected chi connectivity index (χ2v) is 6.29. The van der Waals surface area contributed by atoms with Gasteiger partial charge in [0.1, 0.15) is 17.9 Å². The Morgan fingerprint density at radius 3 is 2.85 bits per heavy atom. The van der Waals surface area contributed by atoms with Crippen molar-refractivity contribution in [2.45, 2.75) is 20.0 Å². The molecule has 26 heavy (non-hydrogen) atoms. The van der Waals surface area contributed by atoms with Crippen molar-refractivity contribution < 1.29 is 18.7 Å². The monoisotopic (exact) mass is 351 g/mol. The molecule has 2 heterocycles. The summed E-state index contributed by atoms with van der Waals surface area (Å²) in [5, 5.41) is 0.953. The van der Waals surface area contributed by atoms with Crippen LogP contribution in [0.25, 0.3) is 11.0 Å². The summed E-state index contributed by atoms with van der Waals surface area (Å²) in [6.45, 7) is 4.86. The molecule has 134 valence electrons. The van der Waals surface area contributed by atoms with Crippen molar-refractivity contribution >= 4 is 16.9 Å². The van der Waals surface area contributed by atoms with Crippen LogP contribution in [0.1, 0.15) is 28.6 Å². The smallest absolute Gasteiger partial charge is 0.374 e. The van der Waals surface area contributed by atoms with E-state index in [1.165, 1.54) is 0 Å². The second kappa shape index (κ2) is 7.22. The predicted octanol–water partition coefficient (Wildman–Crippen LogP) is 4.00. The standard InChI is InChI=1S/C21H21NO4/c1-2-24-21(23)20-17(16-8-4-6-10-19(16)26-20)14-22-11-12-25-18-9-5-3-7-15(18)13-22/h3-10H,2,11-14H2,1H3. The van der Waals surface area contributed by atoms with Crippen molar-refractivity contribution in [3.63, 3.8) is 0 Å². The lowest BCUT2D eigenvalue weighted by Crippen LogP contribution is -2.26. The Morgan fingerprint density at radius 2 is 1.96 bits per heavy atom. The molecule has 0 unspecified atom stereocenters. The molecule has 5 nitrogen and oxygen atoms in total. The molecule has 0 spiro atoms. The zero-order valence-electron chi connectivity index (χ0n) is 14.7. The van der Waals surface area contributed by atoms with E-state index < -0.39 is 5.97 Å². The molecular formula is C21H21NO4. The molecule has 0 amide bonds. The molecule has 0 saturated heterocycles. The molecule has 5 heteroatoms. The van der Waals surface area contributed by atoms with Crippen LogP contribution in [0.2, 0.25) is 0 Å². The molecule has 0 bridgehead atoms. The van der Waals surface area contributed by atoms with Gasteiger partial charge in [-0.15, -0.1) is 0 Å². The third-order valence-electron chi connectivity index (χ3n) is 4.57. The lowest BCUT2D eigenvalue weighted by Gasteiger charge is -2.19. The van der Waals surface area contributed by atoms with Crippen LogP contribution in [0.4, 0.5) is 0 Å². The normalized spacial score (nSPS) is 14.5. The first-order valence-electron chi connectivity index (χ1n) is 8.87. The van der Waals surface area contributed by atoms with E-state index in [1.807, 2.05) is 42.5 Å². The highest BCUT2D eigenvalue weighted by Crippen LogP contribution is 2.30. The molecule has 1 aliphatic rings. The maximum Gasteiger partial charge on any atom is 0.374 e. The molecule has 3 aromatic rings. The van der Waals surface area contributed by atoms with Crippen LogP contribution >= 0.6 is 0 Å². The first-order valence-corrected chi connectivity index (χ1v) is 8.87. The summed E-state index contributed by atoms with van der Waals surface area (Å²) in [7, 11) is 0.